The van der Waals surface area contributed by atoms with Crippen LogP contribution in [0.15, 0.2) is 54.6 Å². The van der Waals surface area contributed by atoms with E-state index >= 15 is 0 Å². The first-order valence-corrected chi connectivity index (χ1v) is 6.95. The van der Waals surface area contributed by atoms with Crippen LogP contribution in [0.4, 0.5) is 5.69 Å². The van der Waals surface area contributed by atoms with Crippen LogP contribution in [0.5, 0.6) is 5.75 Å². The first-order chi connectivity index (χ1) is 10.2. The number of ether oxygens (including phenoxy) is 1. The number of rotatable bonds is 6. The van der Waals surface area contributed by atoms with Crippen molar-refractivity contribution in [2.45, 2.75) is 26.1 Å². The Kier molecular flexibility index (Phi) is 5.35. The van der Waals surface area contributed by atoms with Crippen LogP contribution in [0.3, 0.4) is 0 Å². The average Bonchev–Trinajstić information content (AvgIpc) is 2.54. The molecule has 0 bridgehead atoms. The van der Waals surface area contributed by atoms with Gasteiger partial charge < -0.3 is 15.2 Å². The van der Waals surface area contributed by atoms with E-state index in [1.54, 1.807) is 24.3 Å². The van der Waals surface area contributed by atoms with Crippen molar-refractivity contribution in [3.8, 4) is 5.75 Å². The van der Waals surface area contributed by atoms with Crippen molar-refractivity contribution in [2.24, 2.45) is 0 Å². The van der Waals surface area contributed by atoms with Crippen molar-refractivity contribution in [2.75, 3.05) is 5.32 Å². The molecule has 0 fully saturated rings. The highest BCUT2D eigenvalue weighted by molar-refractivity contribution is 5.94. The van der Waals surface area contributed by atoms with Crippen molar-refractivity contribution in [1.82, 2.24) is 0 Å². The minimum absolute atomic E-state index is 0.0110. The minimum Gasteiger partial charge on any atom is -0.481 e. The van der Waals surface area contributed by atoms with Crippen LogP contribution >= 0.6 is 0 Å². The number of benzene rings is 2. The van der Waals surface area contributed by atoms with Gasteiger partial charge >= 0.3 is 0 Å². The lowest BCUT2D eigenvalue weighted by atomic mass is 10.2. The molecule has 2 N–H and O–H groups in total. The Morgan fingerprint density at radius 2 is 1.81 bits per heavy atom. The fourth-order valence-electron chi connectivity index (χ4n) is 1.90. The third-order valence-electron chi connectivity index (χ3n) is 3.09. The maximum atomic E-state index is 12.2. The van der Waals surface area contributed by atoms with E-state index in [2.05, 4.69) is 5.32 Å². The van der Waals surface area contributed by atoms with Crippen LogP contribution in [-0.2, 0) is 11.4 Å². The molecule has 0 heterocycles. The summed E-state index contributed by atoms with van der Waals surface area (Å²) in [6.07, 6.45) is 0.0417. The highest BCUT2D eigenvalue weighted by Crippen LogP contribution is 2.15. The maximum absolute atomic E-state index is 12.2. The van der Waals surface area contributed by atoms with E-state index in [0.29, 0.717) is 17.9 Å². The zero-order valence-electron chi connectivity index (χ0n) is 12.0. The molecule has 0 saturated carbocycles. The van der Waals surface area contributed by atoms with Gasteiger partial charge in [0.1, 0.15) is 5.75 Å². The zero-order valence-corrected chi connectivity index (χ0v) is 12.0. The number of aliphatic hydroxyl groups excluding tert-OH is 1. The molecule has 0 aliphatic heterocycles. The summed E-state index contributed by atoms with van der Waals surface area (Å²) in [5.41, 5.74) is 1.49. The van der Waals surface area contributed by atoms with Gasteiger partial charge in [0.05, 0.1) is 6.61 Å². The van der Waals surface area contributed by atoms with Gasteiger partial charge in [-0.3, -0.25) is 4.79 Å². The first kappa shape index (κ1) is 15.1. The second-order valence-electron chi connectivity index (χ2n) is 4.67. The molecule has 0 spiro atoms. The molecule has 0 radical (unpaired) electrons. The summed E-state index contributed by atoms with van der Waals surface area (Å²) in [5, 5.41) is 11.8. The van der Waals surface area contributed by atoms with Crippen LogP contribution in [-0.4, -0.2) is 17.1 Å². The standard InChI is InChI=1S/C17H19NO3/c1-2-16(21-15-6-4-3-5-7-15)17(20)18-14-10-8-13(12-19)9-11-14/h3-11,16,19H,2,12H2,1H3,(H,18,20). The second kappa shape index (κ2) is 7.45. The van der Waals surface area contributed by atoms with Gasteiger partial charge in [0.15, 0.2) is 6.10 Å². The van der Waals surface area contributed by atoms with Gasteiger partial charge in [0.2, 0.25) is 0 Å². The molecule has 0 aliphatic rings. The first-order valence-electron chi connectivity index (χ1n) is 6.95. The summed E-state index contributed by atoms with van der Waals surface area (Å²) in [6.45, 7) is 1.89. The lowest BCUT2D eigenvalue weighted by Gasteiger charge is -2.17. The number of carbonyl (C=O) groups is 1. The Hall–Kier alpha value is -2.33. The van der Waals surface area contributed by atoms with Gasteiger partial charge in [-0.05, 0) is 36.2 Å². The summed E-state index contributed by atoms with van der Waals surface area (Å²) in [7, 11) is 0. The molecule has 0 aromatic heterocycles. The van der Waals surface area contributed by atoms with E-state index in [0.717, 1.165) is 5.56 Å². The number of para-hydroxylation sites is 1. The van der Waals surface area contributed by atoms with E-state index < -0.39 is 6.10 Å². The van der Waals surface area contributed by atoms with Gasteiger partial charge in [-0.1, -0.05) is 37.3 Å². The van der Waals surface area contributed by atoms with Gasteiger partial charge in [-0.25, -0.2) is 0 Å². The SMILES string of the molecule is CCC(Oc1ccccc1)C(=O)Nc1ccc(CO)cc1. The largest absolute Gasteiger partial charge is 0.481 e. The van der Waals surface area contributed by atoms with Crippen LogP contribution in [0.25, 0.3) is 0 Å². The van der Waals surface area contributed by atoms with E-state index in [-0.39, 0.29) is 12.5 Å². The lowest BCUT2D eigenvalue weighted by Crippen LogP contribution is -2.32. The topological polar surface area (TPSA) is 58.6 Å². The molecule has 1 atom stereocenters. The van der Waals surface area contributed by atoms with E-state index in [1.807, 2.05) is 37.3 Å². The highest BCUT2D eigenvalue weighted by Gasteiger charge is 2.18. The van der Waals surface area contributed by atoms with Crippen molar-refractivity contribution in [3.05, 3.63) is 60.2 Å². The smallest absolute Gasteiger partial charge is 0.265 e. The van der Waals surface area contributed by atoms with Crippen LogP contribution < -0.4 is 10.1 Å². The second-order valence-corrected chi connectivity index (χ2v) is 4.67. The summed E-state index contributed by atoms with van der Waals surface area (Å²) in [5.74, 6) is 0.494. The minimum atomic E-state index is -0.537. The highest BCUT2D eigenvalue weighted by atomic mass is 16.5. The summed E-state index contributed by atoms with van der Waals surface area (Å²) in [4.78, 5) is 12.2. The summed E-state index contributed by atoms with van der Waals surface area (Å²) >= 11 is 0. The molecule has 2 rings (SSSR count). The fourth-order valence-corrected chi connectivity index (χ4v) is 1.90. The molecule has 2 aromatic rings. The predicted octanol–water partition coefficient (Wildman–Crippen LogP) is 2.98. The number of hydrogen-bond donors (Lipinski definition) is 2. The number of nitrogens with one attached hydrogen (secondary N) is 1. The Morgan fingerprint density at radius 1 is 1.14 bits per heavy atom. The van der Waals surface area contributed by atoms with Crippen LogP contribution in [0, 0.1) is 0 Å². The monoisotopic (exact) mass is 285 g/mol. The van der Waals surface area contributed by atoms with E-state index in [4.69, 9.17) is 9.84 Å². The molecule has 2 aromatic carbocycles. The third-order valence-corrected chi connectivity index (χ3v) is 3.09. The number of hydrogen-bond acceptors (Lipinski definition) is 3. The van der Waals surface area contributed by atoms with Crippen molar-refractivity contribution < 1.29 is 14.6 Å². The fraction of sp³-hybridized carbons (Fsp3) is 0.235. The average molecular weight is 285 g/mol. The number of aliphatic hydroxyl groups is 1. The maximum Gasteiger partial charge on any atom is 0.265 e. The van der Waals surface area contributed by atoms with Crippen LogP contribution in [0.2, 0.25) is 0 Å². The molecule has 4 heteroatoms. The van der Waals surface area contributed by atoms with Crippen LogP contribution in [0.1, 0.15) is 18.9 Å². The Morgan fingerprint density at radius 3 is 2.38 bits per heavy atom. The molecule has 0 aliphatic carbocycles. The normalized spacial score (nSPS) is 11.7. The Labute approximate surface area is 124 Å². The number of carbonyl (C=O) groups excluding carboxylic acids is 1. The Bertz CT molecular complexity index is 566. The van der Waals surface area contributed by atoms with Gasteiger partial charge in [-0.15, -0.1) is 0 Å². The third kappa shape index (κ3) is 4.33. The lowest BCUT2D eigenvalue weighted by molar-refractivity contribution is -0.122. The molecule has 1 unspecified atom stereocenters. The molecule has 110 valence electrons. The van der Waals surface area contributed by atoms with Crippen molar-refractivity contribution >= 4 is 11.6 Å². The predicted molar refractivity (Wildman–Crippen MR) is 82.1 cm³/mol. The summed E-state index contributed by atoms with van der Waals surface area (Å²) in [6, 6.07) is 16.4. The van der Waals surface area contributed by atoms with Crippen molar-refractivity contribution in [1.29, 1.82) is 0 Å². The molecule has 4 nitrogen and oxygen atoms in total. The Balaban J connectivity index is 1.99. The van der Waals surface area contributed by atoms with Crippen molar-refractivity contribution in [3.63, 3.8) is 0 Å². The van der Waals surface area contributed by atoms with Gasteiger partial charge in [0, 0.05) is 5.69 Å². The number of anilines is 1. The van der Waals surface area contributed by atoms with Gasteiger partial charge in [-0.2, -0.15) is 0 Å². The summed E-state index contributed by atoms with van der Waals surface area (Å²) < 4.78 is 5.69. The molecular formula is C17H19NO3. The molecule has 0 saturated heterocycles. The van der Waals surface area contributed by atoms with E-state index in [9.17, 15) is 4.79 Å². The van der Waals surface area contributed by atoms with E-state index in [1.165, 1.54) is 0 Å². The quantitative estimate of drug-likeness (QED) is 0.858. The molecular weight excluding hydrogens is 266 g/mol. The zero-order chi connectivity index (χ0) is 15.1. The number of amides is 1. The van der Waals surface area contributed by atoms with Gasteiger partial charge in [0.25, 0.3) is 5.91 Å². The molecule has 21 heavy (non-hydrogen) atoms. The molecule has 1 amide bonds.